The number of aromatic nitrogens is 4. The monoisotopic (exact) mass is 580 g/mol. The molecule has 0 saturated carbocycles. The third kappa shape index (κ3) is 7.22. The van der Waals surface area contributed by atoms with Crippen molar-refractivity contribution >= 4 is 23.1 Å². The number of amides is 1. The molecule has 220 valence electrons. The molecule has 3 N–H and O–H groups in total. The third-order valence-corrected chi connectivity index (χ3v) is 7.06. The van der Waals surface area contributed by atoms with Gasteiger partial charge in [0.15, 0.2) is 0 Å². The second-order valence-electron chi connectivity index (χ2n) is 9.97. The maximum atomic E-state index is 14.0. The Balaban J connectivity index is 1.29. The van der Waals surface area contributed by atoms with Gasteiger partial charge in [-0.05, 0) is 48.9 Å². The number of carbonyl (C=O) groups excluding carboxylic acids is 1. The molecular weight excluding hydrogens is 549 g/mol. The van der Waals surface area contributed by atoms with Crippen molar-refractivity contribution < 1.29 is 22.7 Å². The number of anilines is 3. The normalized spacial score (nSPS) is 14.5. The first-order chi connectivity index (χ1) is 20.2. The molecule has 0 aliphatic carbocycles. The van der Waals surface area contributed by atoms with Gasteiger partial charge in [0.05, 0.1) is 17.4 Å². The van der Waals surface area contributed by atoms with Crippen LogP contribution in [0.5, 0.6) is 11.6 Å². The van der Waals surface area contributed by atoms with Gasteiger partial charge >= 0.3 is 6.18 Å². The Morgan fingerprint density at radius 1 is 1.02 bits per heavy atom. The first-order valence-corrected chi connectivity index (χ1v) is 13.5. The summed E-state index contributed by atoms with van der Waals surface area (Å²) in [5, 5.41) is 12.2. The fourth-order valence-corrected chi connectivity index (χ4v) is 4.66. The topological polar surface area (TPSA) is 111 Å². The molecule has 13 heteroatoms. The number of ether oxygens (including phenoxy) is 1. The minimum Gasteiger partial charge on any atom is -0.439 e. The summed E-state index contributed by atoms with van der Waals surface area (Å²) in [4.78, 5) is 25.6. The summed E-state index contributed by atoms with van der Waals surface area (Å²) in [6.07, 6.45) is 0.0229. The molecule has 0 unspecified atom stereocenters. The van der Waals surface area contributed by atoms with Crippen LogP contribution in [0.4, 0.5) is 30.4 Å². The van der Waals surface area contributed by atoms with Gasteiger partial charge in [-0.25, -0.2) is 9.97 Å². The van der Waals surface area contributed by atoms with Crippen LogP contribution < -0.4 is 15.4 Å². The Bertz CT molecular complexity index is 1520. The van der Waals surface area contributed by atoms with Gasteiger partial charge < -0.3 is 20.3 Å². The molecule has 0 atom stereocenters. The zero-order valence-electron chi connectivity index (χ0n) is 23.2. The van der Waals surface area contributed by atoms with Gasteiger partial charge in [-0.2, -0.15) is 18.3 Å². The number of benzene rings is 2. The average Bonchev–Trinajstić information content (AvgIpc) is 3.48. The minimum absolute atomic E-state index is 0.0562. The summed E-state index contributed by atoms with van der Waals surface area (Å²) in [7, 11) is 0. The van der Waals surface area contributed by atoms with E-state index in [0.29, 0.717) is 30.3 Å². The minimum atomic E-state index is -4.56. The molecule has 0 radical (unpaired) electrons. The number of hydrogen-bond acceptors (Lipinski definition) is 8. The molecule has 4 aromatic rings. The quantitative estimate of drug-likeness (QED) is 0.240. The molecular formula is C29H31F3N8O2. The molecule has 1 aliphatic heterocycles. The highest BCUT2D eigenvalue weighted by Crippen LogP contribution is 2.35. The van der Waals surface area contributed by atoms with Crippen LogP contribution in [0.1, 0.15) is 34.0 Å². The lowest BCUT2D eigenvalue weighted by molar-refractivity contribution is -0.138. The van der Waals surface area contributed by atoms with Gasteiger partial charge in [-0.1, -0.05) is 19.1 Å². The molecule has 42 heavy (non-hydrogen) atoms. The van der Waals surface area contributed by atoms with Crippen molar-refractivity contribution in [2.24, 2.45) is 0 Å². The molecule has 3 heterocycles. The van der Waals surface area contributed by atoms with Crippen molar-refractivity contribution in [2.45, 2.75) is 26.6 Å². The highest BCUT2D eigenvalue weighted by Gasteiger charge is 2.34. The van der Waals surface area contributed by atoms with Gasteiger partial charge in [0.1, 0.15) is 17.9 Å². The predicted molar refractivity (Wildman–Crippen MR) is 152 cm³/mol. The van der Waals surface area contributed by atoms with Crippen LogP contribution in [0.3, 0.4) is 0 Å². The molecule has 1 saturated heterocycles. The van der Waals surface area contributed by atoms with Gasteiger partial charge in [0.2, 0.25) is 5.88 Å². The number of nitrogens with one attached hydrogen (secondary N) is 3. The van der Waals surface area contributed by atoms with Crippen LogP contribution in [0.2, 0.25) is 0 Å². The zero-order valence-corrected chi connectivity index (χ0v) is 23.2. The third-order valence-electron chi connectivity index (χ3n) is 7.06. The fraction of sp³-hybridized carbons (Fsp3) is 0.310. The van der Waals surface area contributed by atoms with E-state index in [1.165, 1.54) is 24.5 Å². The number of H-pyrrole nitrogens is 1. The molecule has 2 aromatic carbocycles. The van der Waals surface area contributed by atoms with Crippen molar-refractivity contribution in [3.8, 4) is 11.6 Å². The summed E-state index contributed by atoms with van der Waals surface area (Å²) < 4.78 is 48.0. The van der Waals surface area contributed by atoms with Crippen molar-refractivity contribution in [3.63, 3.8) is 0 Å². The van der Waals surface area contributed by atoms with Crippen molar-refractivity contribution in [3.05, 3.63) is 83.4 Å². The average molecular weight is 581 g/mol. The lowest BCUT2D eigenvalue weighted by Crippen LogP contribution is -2.45. The number of hydrogen-bond donors (Lipinski definition) is 3. The smallest absolute Gasteiger partial charge is 0.416 e. The number of nitrogens with zero attached hydrogens (tertiary/aromatic N) is 5. The summed E-state index contributed by atoms with van der Waals surface area (Å²) >= 11 is 0. The number of piperazine rings is 1. The van der Waals surface area contributed by atoms with Gasteiger partial charge in [0, 0.05) is 56.2 Å². The second-order valence-corrected chi connectivity index (χ2v) is 9.97. The Hall–Kier alpha value is -4.49. The maximum absolute atomic E-state index is 14.0. The summed E-state index contributed by atoms with van der Waals surface area (Å²) in [5.74, 6) is 0.504. The van der Waals surface area contributed by atoms with E-state index in [1.54, 1.807) is 37.5 Å². The van der Waals surface area contributed by atoms with Crippen LogP contribution in [0.25, 0.3) is 0 Å². The van der Waals surface area contributed by atoms with Crippen LogP contribution in [0, 0.1) is 6.92 Å². The van der Waals surface area contributed by atoms with Gasteiger partial charge in [-0.15, -0.1) is 0 Å². The summed E-state index contributed by atoms with van der Waals surface area (Å²) in [5.41, 5.74) is 1.13. The van der Waals surface area contributed by atoms with E-state index in [2.05, 4.69) is 42.6 Å². The van der Waals surface area contributed by atoms with Crippen molar-refractivity contribution in [2.75, 3.05) is 43.4 Å². The highest BCUT2D eigenvalue weighted by molar-refractivity contribution is 6.04. The Morgan fingerprint density at radius 2 is 1.81 bits per heavy atom. The van der Waals surface area contributed by atoms with E-state index in [4.69, 9.17) is 4.74 Å². The van der Waals surface area contributed by atoms with E-state index in [-0.39, 0.29) is 29.2 Å². The van der Waals surface area contributed by atoms with Crippen LogP contribution >= 0.6 is 0 Å². The van der Waals surface area contributed by atoms with E-state index in [0.717, 1.165) is 31.3 Å². The predicted octanol–water partition coefficient (Wildman–Crippen LogP) is 5.45. The van der Waals surface area contributed by atoms with Crippen molar-refractivity contribution in [1.82, 2.24) is 30.0 Å². The number of halogens is 3. The molecule has 5 rings (SSSR count). The van der Waals surface area contributed by atoms with Crippen molar-refractivity contribution in [1.29, 1.82) is 0 Å². The number of likely N-dealkylation sites (N-methyl/N-ethyl adjacent to an activating group) is 1. The largest absolute Gasteiger partial charge is 0.439 e. The van der Waals surface area contributed by atoms with E-state index in [9.17, 15) is 18.0 Å². The van der Waals surface area contributed by atoms with E-state index >= 15 is 0 Å². The maximum Gasteiger partial charge on any atom is 0.416 e. The Kier molecular flexibility index (Phi) is 8.69. The summed E-state index contributed by atoms with van der Waals surface area (Å²) in [6, 6.07) is 10.3. The van der Waals surface area contributed by atoms with Crippen LogP contribution in [0.15, 0.2) is 61.2 Å². The lowest BCUT2D eigenvalue weighted by atomic mass is 10.0. The summed E-state index contributed by atoms with van der Waals surface area (Å²) in [6.45, 7) is 8.07. The SMILES string of the molecule is CCN1CCN(Cc2ccc(NC(=O)c3ccc(C)c(Oc4cc(Nc5cn[nH]c5)ncn4)c3)cc2C(F)(F)F)CC1. The molecule has 1 aliphatic rings. The fourth-order valence-electron chi connectivity index (χ4n) is 4.66. The molecule has 10 nitrogen and oxygen atoms in total. The van der Waals surface area contributed by atoms with Crippen LogP contribution in [-0.2, 0) is 12.7 Å². The standard InChI is InChI=1S/C29H31F3N8O2/c1-3-39-8-10-40(11-9-39)17-21-6-7-22(13-24(21)29(30,31)32)38-28(41)20-5-4-19(2)25(12-20)42-27-14-26(33-18-34-27)37-23-15-35-36-16-23/h4-7,12-16,18H,3,8-11,17H2,1-2H3,(H,35,36)(H,38,41)(H,33,34,37). The first kappa shape index (κ1) is 29.0. The Labute approximate surface area is 240 Å². The van der Waals surface area contributed by atoms with Crippen LogP contribution in [-0.4, -0.2) is 68.6 Å². The van der Waals surface area contributed by atoms with E-state index < -0.39 is 17.6 Å². The van der Waals surface area contributed by atoms with Gasteiger partial charge in [-0.3, -0.25) is 14.8 Å². The number of alkyl halides is 3. The lowest BCUT2D eigenvalue weighted by Gasteiger charge is -2.34. The number of rotatable bonds is 9. The highest BCUT2D eigenvalue weighted by atomic mass is 19.4. The van der Waals surface area contributed by atoms with E-state index in [1.807, 2.05) is 4.90 Å². The molecule has 1 amide bonds. The first-order valence-electron chi connectivity index (χ1n) is 13.5. The number of aromatic amines is 1. The Morgan fingerprint density at radius 3 is 2.52 bits per heavy atom. The molecule has 0 bridgehead atoms. The zero-order chi connectivity index (χ0) is 29.7. The molecule has 0 spiro atoms. The molecule has 1 fully saturated rings. The second kappa shape index (κ2) is 12.6. The molecule has 2 aromatic heterocycles. The number of carbonyl (C=O) groups is 1. The van der Waals surface area contributed by atoms with Gasteiger partial charge in [0.25, 0.3) is 5.91 Å². The number of aryl methyl sites for hydroxylation is 1.